The van der Waals surface area contributed by atoms with E-state index in [1.807, 2.05) is 12.3 Å². The smallest absolute Gasteiger partial charge is 0.291 e. The Hall–Kier alpha value is -3.39. The zero-order valence-corrected chi connectivity index (χ0v) is 16.4. The van der Waals surface area contributed by atoms with Crippen molar-refractivity contribution in [2.24, 2.45) is 0 Å². The molecule has 1 aliphatic rings. The largest absolute Gasteiger partial charge is 0.486 e. The molecule has 148 valence electrons. The van der Waals surface area contributed by atoms with Crippen LogP contribution in [0.5, 0.6) is 11.5 Å². The van der Waals surface area contributed by atoms with Gasteiger partial charge in [-0.25, -0.2) is 0 Å². The highest BCUT2D eigenvalue weighted by Crippen LogP contribution is 2.39. The average Bonchev–Trinajstić information content (AvgIpc) is 3.29. The molecular weight excluding hydrogens is 392 g/mol. The van der Waals surface area contributed by atoms with Gasteiger partial charge in [-0.1, -0.05) is 0 Å². The molecular formula is C21H18N2O5S. The Balaban J connectivity index is 1.47. The number of hydrogen-bond donors (Lipinski definition) is 2. The Morgan fingerprint density at radius 3 is 2.31 bits per heavy atom. The second-order valence-electron chi connectivity index (χ2n) is 6.16. The van der Waals surface area contributed by atoms with Crippen LogP contribution in [0.2, 0.25) is 0 Å². The third kappa shape index (κ3) is 4.22. The van der Waals surface area contributed by atoms with Crippen molar-refractivity contribution in [1.82, 2.24) is 0 Å². The van der Waals surface area contributed by atoms with Crippen LogP contribution in [0.25, 0.3) is 0 Å². The van der Waals surface area contributed by atoms with E-state index in [0.717, 1.165) is 4.90 Å². The van der Waals surface area contributed by atoms with Crippen molar-refractivity contribution in [3.63, 3.8) is 0 Å². The lowest BCUT2D eigenvalue weighted by Crippen LogP contribution is -2.17. The minimum Gasteiger partial charge on any atom is -0.486 e. The van der Waals surface area contributed by atoms with Gasteiger partial charge in [-0.15, -0.1) is 11.8 Å². The van der Waals surface area contributed by atoms with Gasteiger partial charge in [-0.2, -0.15) is 0 Å². The van der Waals surface area contributed by atoms with E-state index in [0.29, 0.717) is 41.7 Å². The van der Waals surface area contributed by atoms with E-state index in [1.54, 1.807) is 42.5 Å². The van der Waals surface area contributed by atoms with Crippen molar-refractivity contribution < 1.29 is 23.5 Å². The summed E-state index contributed by atoms with van der Waals surface area (Å²) in [5.74, 6) is 0.889. The maximum atomic E-state index is 12.7. The zero-order chi connectivity index (χ0) is 20.2. The second kappa shape index (κ2) is 8.32. The fourth-order valence-corrected chi connectivity index (χ4v) is 3.39. The molecule has 0 unspecified atom stereocenters. The van der Waals surface area contributed by atoms with Crippen LogP contribution in [0.15, 0.2) is 64.1 Å². The maximum absolute atomic E-state index is 12.7. The van der Waals surface area contributed by atoms with Crippen molar-refractivity contribution in [2.75, 3.05) is 30.1 Å². The Morgan fingerprint density at radius 1 is 0.931 bits per heavy atom. The molecule has 29 heavy (non-hydrogen) atoms. The quantitative estimate of drug-likeness (QED) is 0.611. The van der Waals surface area contributed by atoms with E-state index in [1.165, 1.54) is 18.0 Å². The molecule has 1 aliphatic heterocycles. The van der Waals surface area contributed by atoms with Crippen LogP contribution in [-0.2, 0) is 0 Å². The van der Waals surface area contributed by atoms with Gasteiger partial charge >= 0.3 is 0 Å². The fourth-order valence-electron chi connectivity index (χ4n) is 2.84. The highest BCUT2D eigenvalue weighted by atomic mass is 32.2. The molecule has 0 bridgehead atoms. The van der Waals surface area contributed by atoms with Crippen LogP contribution in [0.1, 0.15) is 20.9 Å². The summed E-state index contributed by atoms with van der Waals surface area (Å²) in [5, 5.41) is 5.63. The van der Waals surface area contributed by atoms with Gasteiger partial charge in [0.2, 0.25) is 0 Å². The number of thioether (sulfide) groups is 1. The Bertz CT molecular complexity index is 1030. The summed E-state index contributed by atoms with van der Waals surface area (Å²) in [5.41, 5.74) is 1.68. The van der Waals surface area contributed by atoms with Gasteiger partial charge in [-0.3, -0.25) is 9.59 Å². The SMILES string of the molecule is CSc1cc2c(cc1NC(=O)c1ccc(NC(=O)c3ccco3)cc1)OCCO2. The van der Waals surface area contributed by atoms with Crippen molar-refractivity contribution in [2.45, 2.75) is 4.90 Å². The Morgan fingerprint density at radius 2 is 1.66 bits per heavy atom. The van der Waals surface area contributed by atoms with E-state index >= 15 is 0 Å². The molecule has 3 aromatic rings. The standard InChI is InChI=1S/C21H18N2O5S/c1-29-19-12-18-17(27-9-10-28-18)11-15(19)23-20(24)13-4-6-14(7-5-13)22-21(25)16-3-2-8-26-16/h2-8,11-12H,9-10H2,1H3,(H,22,25)(H,23,24). The number of furan rings is 1. The highest BCUT2D eigenvalue weighted by Gasteiger charge is 2.17. The number of anilines is 2. The number of amides is 2. The minimum absolute atomic E-state index is 0.218. The summed E-state index contributed by atoms with van der Waals surface area (Å²) in [7, 11) is 0. The average molecular weight is 410 g/mol. The first kappa shape index (κ1) is 18.9. The normalized spacial score (nSPS) is 12.3. The van der Waals surface area contributed by atoms with Crippen molar-refractivity contribution in [3.8, 4) is 11.5 Å². The molecule has 0 radical (unpaired) electrons. The first-order chi connectivity index (χ1) is 14.1. The van der Waals surface area contributed by atoms with Gasteiger partial charge < -0.3 is 24.5 Å². The van der Waals surface area contributed by atoms with E-state index in [2.05, 4.69) is 10.6 Å². The molecule has 2 aromatic carbocycles. The number of ether oxygens (including phenoxy) is 2. The van der Waals surface area contributed by atoms with Crippen molar-refractivity contribution in [1.29, 1.82) is 0 Å². The molecule has 1 aromatic heterocycles. The molecule has 4 rings (SSSR count). The predicted octanol–water partition coefficient (Wildman–Crippen LogP) is 4.28. The number of carbonyl (C=O) groups excluding carboxylic acids is 2. The summed E-state index contributed by atoms with van der Waals surface area (Å²) in [6, 6.07) is 13.5. The zero-order valence-electron chi connectivity index (χ0n) is 15.6. The van der Waals surface area contributed by atoms with Crippen LogP contribution in [0.4, 0.5) is 11.4 Å². The van der Waals surface area contributed by atoms with Crippen LogP contribution >= 0.6 is 11.8 Å². The summed E-state index contributed by atoms with van der Waals surface area (Å²) >= 11 is 1.51. The maximum Gasteiger partial charge on any atom is 0.291 e. The molecule has 7 nitrogen and oxygen atoms in total. The highest BCUT2D eigenvalue weighted by molar-refractivity contribution is 7.98. The molecule has 0 fully saturated rings. The molecule has 0 aliphatic carbocycles. The second-order valence-corrected chi connectivity index (χ2v) is 7.01. The monoisotopic (exact) mass is 410 g/mol. The molecule has 8 heteroatoms. The number of rotatable bonds is 5. The van der Waals surface area contributed by atoms with Gasteiger partial charge in [0.15, 0.2) is 17.3 Å². The van der Waals surface area contributed by atoms with Crippen LogP contribution in [0.3, 0.4) is 0 Å². The fraction of sp³-hybridized carbons (Fsp3) is 0.143. The van der Waals surface area contributed by atoms with Gasteiger partial charge in [-0.05, 0) is 48.7 Å². The molecule has 2 heterocycles. The molecule has 0 atom stereocenters. The molecule has 0 saturated heterocycles. The molecule has 2 amide bonds. The lowest BCUT2D eigenvalue weighted by atomic mass is 10.1. The van der Waals surface area contributed by atoms with E-state index in [9.17, 15) is 9.59 Å². The van der Waals surface area contributed by atoms with Crippen LogP contribution in [0, 0.1) is 0 Å². The predicted molar refractivity (Wildman–Crippen MR) is 110 cm³/mol. The molecule has 0 saturated carbocycles. The number of nitrogens with one attached hydrogen (secondary N) is 2. The molecule has 2 N–H and O–H groups in total. The van der Waals surface area contributed by atoms with Crippen LogP contribution in [-0.4, -0.2) is 31.3 Å². The summed E-state index contributed by atoms with van der Waals surface area (Å²) in [6.45, 7) is 0.986. The lowest BCUT2D eigenvalue weighted by molar-refractivity contribution is 0.0995. The van der Waals surface area contributed by atoms with E-state index in [4.69, 9.17) is 13.9 Å². The summed E-state index contributed by atoms with van der Waals surface area (Å²) in [4.78, 5) is 25.6. The number of benzene rings is 2. The first-order valence-electron chi connectivity index (χ1n) is 8.88. The number of fused-ring (bicyclic) bond motifs is 1. The Kier molecular flexibility index (Phi) is 5.44. The van der Waals surface area contributed by atoms with Gasteiger partial charge in [0.1, 0.15) is 13.2 Å². The summed E-state index contributed by atoms with van der Waals surface area (Å²) in [6.07, 6.45) is 3.36. The topological polar surface area (TPSA) is 89.8 Å². The first-order valence-corrected chi connectivity index (χ1v) is 10.1. The third-order valence-corrected chi connectivity index (χ3v) is 5.04. The third-order valence-electron chi connectivity index (χ3n) is 4.26. The van der Waals surface area contributed by atoms with E-state index in [-0.39, 0.29) is 17.6 Å². The van der Waals surface area contributed by atoms with Crippen molar-refractivity contribution in [3.05, 3.63) is 66.1 Å². The lowest BCUT2D eigenvalue weighted by Gasteiger charge is -2.21. The van der Waals surface area contributed by atoms with Gasteiger partial charge in [0.25, 0.3) is 11.8 Å². The van der Waals surface area contributed by atoms with Gasteiger partial charge in [0, 0.05) is 22.2 Å². The minimum atomic E-state index is -0.354. The van der Waals surface area contributed by atoms with Crippen molar-refractivity contribution >= 4 is 35.0 Å². The summed E-state index contributed by atoms with van der Waals surface area (Å²) < 4.78 is 16.3. The molecule has 0 spiro atoms. The van der Waals surface area contributed by atoms with Gasteiger partial charge in [0.05, 0.1) is 12.0 Å². The number of carbonyl (C=O) groups is 2. The Labute approximate surface area is 171 Å². The van der Waals surface area contributed by atoms with E-state index < -0.39 is 0 Å². The van der Waals surface area contributed by atoms with Crippen LogP contribution < -0.4 is 20.1 Å². The number of hydrogen-bond acceptors (Lipinski definition) is 6.